The Morgan fingerprint density at radius 3 is 2.82 bits per heavy atom. The highest BCUT2D eigenvalue weighted by atomic mass is 16.5. The number of benzene rings is 1. The first-order chi connectivity index (χ1) is 8.30. The molecule has 96 valence electrons. The molecule has 1 unspecified atom stereocenters. The summed E-state index contributed by atoms with van der Waals surface area (Å²) in [5.74, 6) is 1.69. The number of ether oxygens (including phenoxy) is 1. The SMILES string of the molecule is CCCCC(CNC)Cc1cccc(OC)c1. The smallest absolute Gasteiger partial charge is 0.119 e. The molecule has 0 amide bonds. The summed E-state index contributed by atoms with van der Waals surface area (Å²) in [5, 5.41) is 3.29. The van der Waals surface area contributed by atoms with Gasteiger partial charge < -0.3 is 10.1 Å². The lowest BCUT2D eigenvalue weighted by molar-refractivity contribution is 0.412. The summed E-state index contributed by atoms with van der Waals surface area (Å²) in [6.07, 6.45) is 5.03. The lowest BCUT2D eigenvalue weighted by Gasteiger charge is -2.16. The number of methoxy groups -OCH3 is 1. The molecule has 2 nitrogen and oxygen atoms in total. The van der Waals surface area contributed by atoms with E-state index in [1.165, 1.54) is 24.8 Å². The molecule has 0 aliphatic heterocycles. The normalized spacial score (nSPS) is 12.4. The lowest BCUT2D eigenvalue weighted by atomic mass is 9.94. The largest absolute Gasteiger partial charge is 0.497 e. The number of unbranched alkanes of at least 4 members (excludes halogenated alkanes) is 1. The Morgan fingerprint density at radius 1 is 1.35 bits per heavy atom. The molecule has 0 aliphatic carbocycles. The fourth-order valence-electron chi connectivity index (χ4n) is 2.19. The molecule has 17 heavy (non-hydrogen) atoms. The molecule has 1 rings (SSSR count). The highest BCUT2D eigenvalue weighted by molar-refractivity contribution is 5.28. The van der Waals surface area contributed by atoms with Gasteiger partial charge in [0.15, 0.2) is 0 Å². The van der Waals surface area contributed by atoms with Gasteiger partial charge in [-0.05, 0) is 50.0 Å². The molecular weight excluding hydrogens is 210 g/mol. The third-order valence-corrected chi connectivity index (χ3v) is 3.12. The van der Waals surface area contributed by atoms with Crippen molar-refractivity contribution in [2.45, 2.75) is 32.6 Å². The Morgan fingerprint density at radius 2 is 2.18 bits per heavy atom. The van der Waals surface area contributed by atoms with E-state index in [1.54, 1.807) is 7.11 Å². The first kappa shape index (κ1) is 14.0. The van der Waals surface area contributed by atoms with Crippen LogP contribution in [0.15, 0.2) is 24.3 Å². The summed E-state index contributed by atoms with van der Waals surface area (Å²) in [7, 11) is 3.76. The molecule has 0 fully saturated rings. The third kappa shape index (κ3) is 5.22. The van der Waals surface area contributed by atoms with Gasteiger partial charge in [0.25, 0.3) is 0 Å². The highest BCUT2D eigenvalue weighted by Gasteiger charge is 2.08. The summed E-state index contributed by atoms with van der Waals surface area (Å²) in [5.41, 5.74) is 1.38. The molecule has 0 radical (unpaired) electrons. The van der Waals surface area contributed by atoms with Crippen LogP contribution in [-0.2, 0) is 6.42 Å². The van der Waals surface area contributed by atoms with Crippen LogP contribution in [0.4, 0.5) is 0 Å². The van der Waals surface area contributed by atoms with E-state index in [9.17, 15) is 0 Å². The van der Waals surface area contributed by atoms with E-state index in [0.717, 1.165) is 24.6 Å². The van der Waals surface area contributed by atoms with Crippen LogP contribution in [0.25, 0.3) is 0 Å². The maximum atomic E-state index is 5.26. The molecule has 1 atom stereocenters. The second-order valence-electron chi connectivity index (χ2n) is 4.62. The molecule has 0 saturated heterocycles. The predicted molar refractivity (Wildman–Crippen MR) is 73.6 cm³/mol. The molecule has 0 spiro atoms. The van der Waals surface area contributed by atoms with Crippen LogP contribution in [0.2, 0.25) is 0 Å². The number of nitrogens with one attached hydrogen (secondary N) is 1. The van der Waals surface area contributed by atoms with Gasteiger partial charge in [0.2, 0.25) is 0 Å². The zero-order valence-electron chi connectivity index (χ0n) is 11.3. The van der Waals surface area contributed by atoms with Gasteiger partial charge in [0, 0.05) is 0 Å². The minimum absolute atomic E-state index is 0.729. The Bertz CT molecular complexity index is 312. The van der Waals surface area contributed by atoms with Crippen LogP contribution < -0.4 is 10.1 Å². The van der Waals surface area contributed by atoms with Crippen molar-refractivity contribution in [3.05, 3.63) is 29.8 Å². The fraction of sp³-hybridized carbons (Fsp3) is 0.600. The molecule has 1 aromatic carbocycles. The van der Waals surface area contributed by atoms with Crippen LogP contribution in [0, 0.1) is 5.92 Å². The van der Waals surface area contributed by atoms with Crippen LogP contribution >= 0.6 is 0 Å². The molecule has 2 heteroatoms. The molecular formula is C15H25NO. The second kappa shape index (κ2) is 8.13. The van der Waals surface area contributed by atoms with Gasteiger partial charge >= 0.3 is 0 Å². The van der Waals surface area contributed by atoms with Crippen LogP contribution in [-0.4, -0.2) is 20.7 Å². The molecule has 0 aromatic heterocycles. The van der Waals surface area contributed by atoms with Gasteiger partial charge in [-0.2, -0.15) is 0 Å². The van der Waals surface area contributed by atoms with E-state index in [2.05, 4.69) is 30.4 Å². The third-order valence-electron chi connectivity index (χ3n) is 3.12. The average Bonchev–Trinajstić information content (AvgIpc) is 2.36. The fourth-order valence-corrected chi connectivity index (χ4v) is 2.19. The van der Waals surface area contributed by atoms with Crippen molar-refractivity contribution in [2.75, 3.05) is 20.7 Å². The van der Waals surface area contributed by atoms with Gasteiger partial charge in [-0.1, -0.05) is 31.9 Å². The summed E-state index contributed by atoms with van der Waals surface area (Å²) < 4.78 is 5.26. The second-order valence-corrected chi connectivity index (χ2v) is 4.62. The minimum Gasteiger partial charge on any atom is -0.497 e. The summed E-state index contributed by atoms with van der Waals surface area (Å²) in [6, 6.07) is 8.42. The maximum absolute atomic E-state index is 5.26. The topological polar surface area (TPSA) is 21.3 Å². The Labute approximate surface area is 105 Å². The van der Waals surface area contributed by atoms with Gasteiger partial charge in [-0.3, -0.25) is 0 Å². The monoisotopic (exact) mass is 235 g/mol. The Kier molecular flexibility index (Phi) is 6.71. The van der Waals surface area contributed by atoms with Crippen molar-refractivity contribution in [1.82, 2.24) is 5.32 Å². The van der Waals surface area contributed by atoms with E-state index in [-0.39, 0.29) is 0 Å². The number of rotatable bonds is 8. The van der Waals surface area contributed by atoms with Crippen LogP contribution in [0.1, 0.15) is 31.7 Å². The van der Waals surface area contributed by atoms with Gasteiger partial charge in [-0.25, -0.2) is 0 Å². The summed E-state index contributed by atoms with van der Waals surface area (Å²) >= 11 is 0. The van der Waals surface area contributed by atoms with Crippen molar-refractivity contribution in [2.24, 2.45) is 5.92 Å². The van der Waals surface area contributed by atoms with Gasteiger partial charge in [0.05, 0.1) is 7.11 Å². The van der Waals surface area contributed by atoms with Gasteiger partial charge in [0.1, 0.15) is 5.75 Å². The summed E-state index contributed by atoms with van der Waals surface area (Å²) in [6.45, 7) is 3.35. The van der Waals surface area contributed by atoms with Crippen LogP contribution in [0.3, 0.4) is 0 Å². The Hall–Kier alpha value is -1.02. The van der Waals surface area contributed by atoms with Crippen molar-refractivity contribution >= 4 is 0 Å². The zero-order chi connectivity index (χ0) is 12.5. The predicted octanol–water partition coefficient (Wildman–Crippen LogP) is 3.26. The minimum atomic E-state index is 0.729. The van der Waals surface area contributed by atoms with Crippen molar-refractivity contribution in [3.8, 4) is 5.75 Å². The number of hydrogen-bond donors (Lipinski definition) is 1. The van der Waals surface area contributed by atoms with Crippen molar-refractivity contribution in [3.63, 3.8) is 0 Å². The van der Waals surface area contributed by atoms with Crippen molar-refractivity contribution < 1.29 is 4.74 Å². The average molecular weight is 235 g/mol. The van der Waals surface area contributed by atoms with E-state index in [0.29, 0.717) is 0 Å². The Balaban J connectivity index is 2.57. The maximum Gasteiger partial charge on any atom is 0.119 e. The molecule has 0 heterocycles. The standard InChI is InChI=1S/C15H25NO/c1-4-5-7-14(12-16-2)10-13-8-6-9-15(11-13)17-3/h6,8-9,11,14,16H,4-5,7,10,12H2,1-3H3. The van der Waals surface area contributed by atoms with Crippen molar-refractivity contribution in [1.29, 1.82) is 0 Å². The molecule has 0 bridgehead atoms. The molecule has 1 N–H and O–H groups in total. The van der Waals surface area contributed by atoms with Crippen LogP contribution in [0.5, 0.6) is 5.75 Å². The number of hydrogen-bond acceptors (Lipinski definition) is 2. The van der Waals surface area contributed by atoms with E-state index in [1.807, 2.05) is 13.1 Å². The quantitative estimate of drug-likeness (QED) is 0.746. The summed E-state index contributed by atoms with van der Waals surface area (Å²) in [4.78, 5) is 0. The lowest BCUT2D eigenvalue weighted by Crippen LogP contribution is -2.20. The first-order valence-electron chi connectivity index (χ1n) is 6.57. The molecule has 1 aromatic rings. The molecule has 0 aliphatic rings. The van der Waals surface area contributed by atoms with E-state index >= 15 is 0 Å². The van der Waals surface area contributed by atoms with E-state index in [4.69, 9.17) is 4.74 Å². The molecule has 0 saturated carbocycles. The zero-order valence-corrected chi connectivity index (χ0v) is 11.3. The van der Waals surface area contributed by atoms with E-state index < -0.39 is 0 Å². The first-order valence-corrected chi connectivity index (χ1v) is 6.57. The van der Waals surface area contributed by atoms with Gasteiger partial charge in [-0.15, -0.1) is 0 Å². The highest BCUT2D eigenvalue weighted by Crippen LogP contribution is 2.18.